The first-order valence-electron chi connectivity index (χ1n) is 6.06. The molecule has 4 heteroatoms. The van der Waals surface area contributed by atoms with Gasteiger partial charge in [-0.1, -0.05) is 18.9 Å². The average molecular weight is 307 g/mol. The van der Waals surface area contributed by atoms with Gasteiger partial charge < -0.3 is 5.32 Å². The van der Waals surface area contributed by atoms with Crippen molar-refractivity contribution < 1.29 is 4.79 Å². The van der Waals surface area contributed by atoms with Crippen molar-refractivity contribution in [1.82, 2.24) is 0 Å². The molecule has 3 nitrogen and oxygen atoms in total. The van der Waals surface area contributed by atoms with Crippen LogP contribution in [0.4, 0.5) is 5.69 Å². The number of carbonyl (C=O) groups excluding carboxylic acids is 1. The zero-order valence-electron chi connectivity index (χ0n) is 10.3. The highest BCUT2D eigenvalue weighted by Crippen LogP contribution is 2.39. The predicted molar refractivity (Wildman–Crippen MR) is 74.0 cm³/mol. The second-order valence-corrected chi connectivity index (χ2v) is 5.69. The summed E-state index contributed by atoms with van der Waals surface area (Å²) in [6.07, 6.45) is 3.24. The predicted octanol–water partition coefficient (Wildman–Crippen LogP) is 3.78. The molecule has 1 saturated carbocycles. The molecule has 0 aliphatic heterocycles. The quantitative estimate of drug-likeness (QED) is 0.904. The van der Waals surface area contributed by atoms with Gasteiger partial charge in [0.15, 0.2) is 0 Å². The van der Waals surface area contributed by atoms with E-state index in [2.05, 4.69) is 27.3 Å². The molecule has 1 fully saturated rings. The van der Waals surface area contributed by atoms with Gasteiger partial charge in [-0.2, -0.15) is 5.26 Å². The molecule has 1 aromatic carbocycles. The summed E-state index contributed by atoms with van der Waals surface area (Å²) in [4.78, 5) is 12.3. The summed E-state index contributed by atoms with van der Waals surface area (Å²) in [5, 5.41) is 12.1. The van der Waals surface area contributed by atoms with Crippen LogP contribution in [0.5, 0.6) is 0 Å². The van der Waals surface area contributed by atoms with Gasteiger partial charge in [0, 0.05) is 4.47 Å². The number of benzene rings is 1. The Hall–Kier alpha value is -1.34. The number of rotatable bonds is 2. The van der Waals surface area contributed by atoms with Gasteiger partial charge >= 0.3 is 0 Å². The van der Waals surface area contributed by atoms with Crippen molar-refractivity contribution in [2.75, 3.05) is 5.32 Å². The molecule has 0 spiro atoms. The summed E-state index contributed by atoms with van der Waals surface area (Å²) in [5.74, 6) is -0.174. The summed E-state index contributed by atoms with van der Waals surface area (Å²) in [6.45, 7) is 1.99. The third-order valence-corrected chi connectivity index (χ3v) is 4.13. The summed E-state index contributed by atoms with van der Waals surface area (Å²) in [6, 6.07) is 7.95. The Labute approximate surface area is 115 Å². The SMILES string of the molecule is Cc1ccc(NC(=O)C2(C#N)CCCC2)c(Br)c1. The Morgan fingerprint density at radius 3 is 2.67 bits per heavy atom. The Kier molecular flexibility index (Phi) is 3.72. The zero-order chi connectivity index (χ0) is 13.2. The molecule has 2 rings (SSSR count). The van der Waals surface area contributed by atoms with Crippen molar-refractivity contribution in [2.24, 2.45) is 5.41 Å². The molecule has 0 aromatic heterocycles. The molecule has 1 N–H and O–H groups in total. The number of hydrogen-bond acceptors (Lipinski definition) is 2. The first-order valence-corrected chi connectivity index (χ1v) is 6.85. The van der Waals surface area contributed by atoms with Crippen LogP contribution in [0.1, 0.15) is 31.2 Å². The Bertz CT molecular complexity index is 513. The monoisotopic (exact) mass is 306 g/mol. The lowest BCUT2D eigenvalue weighted by Gasteiger charge is -2.19. The van der Waals surface area contributed by atoms with E-state index in [-0.39, 0.29) is 5.91 Å². The maximum absolute atomic E-state index is 12.3. The fourth-order valence-electron chi connectivity index (χ4n) is 2.33. The van der Waals surface area contributed by atoms with Crippen LogP contribution >= 0.6 is 15.9 Å². The van der Waals surface area contributed by atoms with Gasteiger partial charge in [-0.15, -0.1) is 0 Å². The standard InChI is InChI=1S/C14H15BrN2O/c1-10-4-5-12(11(15)8-10)17-13(18)14(9-16)6-2-3-7-14/h4-5,8H,2-3,6-7H2,1H3,(H,17,18). The first-order chi connectivity index (χ1) is 8.57. The molecule has 94 valence electrons. The summed E-state index contributed by atoms with van der Waals surface area (Å²) in [7, 11) is 0. The first kappa shape index (κ1) is 13.1. The second-order valence-electron chi connectivity index (χ2n) is 4.84. The van der Waals surface area contributed by atoms with Gasteiger partial charge in [0.25, 0.3) is 0 Å². The van der Waals surface area contributed by atoms with Crippen LogP contribution in [-0.4, -0.2) is 5.91 Å². The molecule has 1 aliphatic carbocycles. The van der Waals surface area contributed by atoms with Crippen LogP contribution in [0, 0.1) is 23.7 Å². The minimum atomic E-state index is -0.829. The number of anilines is 1. The summed E-state index contributed by atoms with van der Waals surface area (Å²) < 4.78 is 0.849. The fourth-order valence-corrected chi connectivity index (χ4v) is 2.92. The molecule has 0 bridgehead atoms. The van der Waals surface area contributed by atoms with Crippen molar-refractivity contribution in [1.29, 1.82) is 5.26 Å². The lowest BCUT2D eigenvalue weighted by Crippen LogP contribution is -2.32. The molecular formula is C14H15BrN2O. The number of nitrogens with zero attached hydrogens (tertiary/aromatic N) is 1. The normalized spacial score (nSPS) is 17.2. The van der Waals surface area contributed by atoms with Crippen LogP contribution in [0.25, 0.3) is 0 Å². The second kappa shape index (κ2) is 5.11. The van der Waals surface area contributed by atoms with Crippen LogP contribution in [0.3, 0.4) is 0 Å². The highest BCUT2D eigenvalue weighted by Gasteiger charge is 2.41. The van der Waals surface area contributed by atoms with Crippen molar-refractivity contribution in [3.05, 3.63) is 28.2 Å². The Morgan fingerprint density at radius 1 is 1.44 bits per heavy atom. The number of nitriles is 1. The zero-order valence-corrected chi connectivity index (χ0v) is 11.9. The molecule has 0 saturated heterocycles. The lowest BCUT2D eigenvalue weighted by atomic mass is 9.87. The molecule has 1 aliphatic rings. The molecule has 0 unspecified atom stereocenters. The number of carbonyl (C=O) groups is 1. The number of halogens is 1. The van der Waals surface area contributed by atoms with Gasteiger partial charge in [0.1, 0.15) is 5.41 Å². The smallest absolute Gasteiger partial charge is 0.244 e. The highest BCUT2D eigenvalue weighted by atomic mass is 79.9. The van der Waals surface area contributed by atoms with E-state index in [1.54, 1.807) is 0 Å². The fraction of sp³-hybridized carbons (Fsp3) is 0.429. The van der Waals surface area contributed by atoms with Crippen LogP contribution in [0.15, 0.2) is 22.7 Å². The highest BCUT2D eigenvalue weighted by molar-refractivity contribution is 9.10. The third kappa shape index (κ3) is 2.41. The molecular weight excluding hydrogens is 292 g/mol. The van der Waals surface area contributed by atoms with Crippen LogP contribution < -0.4 is 5.32 Å². The van der Waals surface area contributed by atoms with Crippen LogP contribution in [-0.2, 0) is 4.79 Å². The van der Waals surface area contributed by atoms with Gasteiger partial charge in [-0.3, -0.25) is 4.79 Å². The van der Waals surface area contributed by atoms with E-state index in [0.717, 1.165) is 28.6 Å². The minimum absolute atomic E-state index is 0.174. The van der Waals surface area contributed by atoms with Crippen molar-refractivity contribution in [2.45, 2.75) is 32.6 Å². The van der Waals surface area contributed by atoms with Gasteiger partial charge in [0.05, 0.1) is 11.8 Å². The van der Waals surface area contributed by atoms with Gasteiger partial charge in [-0.05, 0) is 53.4 Å². The molecule has 1 aromatic rings. The molecule has 0 heterocycles. The van der Waals surface area contributed by atoms with E-state index < -0.39 is 5.41 Å². The van der Waals surface area contributed by atoms with Crippen LogP contribution in [0.2, 0.25) is 0 Å². The van der Waals surface area contributed by atoms with E-state index in [1.165, 1.54) is 0 Å². The maximum atomic E-state index is 12.3. The van der Waals surface area contributed by atoms with E-state index in [4.69, 9.17) is 0 Å². The molecule has 1 amide bonds. The minimum Gasteiger partial charge on any atom is -0.324 e. The largest absolute Gasteiger partial charge is 0.324 e. The Morgan fingerprint density at radius 2 is 2.11 bits per heavy atom. The number of amides is 1. The van der Waals surface area contributed by atoms with E-state index in [9.17, 15) is 10.1 Å². The molecule has 0 atom stereocenters. The summed E-state index contributed by atoms with van der Waals surface area (Å²) >= 11 is 3.43. The molecule has 18 heavy (non-hydrogen) atoms. The topological polar surface area (TPSA) is 52.9 Å². The lowest BCUT2D eigenvalue weighted by molar-refractivity contribution is -0.122. The van der Waals surface area contributed by atoms with Gasteiger partial charge in [0.2, 0.25) is 5.91 Å². The Balaban J connectivity index is 2.19. The van der Waals surface area contributed by atoms with Crippen molar-refractivity contribution >= 4 is 27.5 Å². The van der Waals surface area contributed by atoms with Crippen molar-refractivity contribution in [3.8, 4) is 6.07 Å². The van der Waals surface area contributed by atoms with E-state index in [0.29, 0.717) is 12.8 Å². The summed E-state index contributed by atoms with van der Waals surface area (Å²) in [5.41, 5.74) is 1.02. The number of aryl methyl sites for hydroxylation is 1. The van der Waals surface area contributed by atoms with Crippen molar-refractivity contribution in [3.63, 3.8) is 0 Å². The van der Waals surface area contributed by atoms with E-state index >= 15 is 0 Å². The van der Waals surface area contributed by atoms with E-state index in [1.807, 2.05) is 25.1 Å². The molecule has 0 radical (unpaired) electrons. The number of nitrogens with one attached hydrogen (secondary N) is 1. The average Bonchev–Trinajstić information content (AvgIpc) is 2.82. The number of hydrogen-bond donors (Lipinski definition) is 1. The third-order valence-electron chi connectivity index (χ3n) is 3.48. The van der Waals surface area contributed by atoms with Gasteiger partial charge in [-0.25, -0.2) is 0 Å². The maximum Gasteiger partial charge on any atom is 0.244 e.